The molecule has 1 atom stereocenters. The second-order valence-electron chi connectivity index (χ2n) is 3.77. The zero-order valence-corrected chi connectivity index (χ0v) is 12.2. The predicted molar refractivity (Wildman–Crippen MR) is 73.6 cm³/mol. The number of rotatable bonds is 7. The lowest BCUT2D eigenvalue weighted by Crippen LogP contribution is -2.23. The van der Waals surface area contributed by atoms with Gasteiger partial charge in [0.05, 0.1) is 18.2 Å². The number of hydrogen-bond acceptors (Lipinski definition) is 3. The van der Waals surface area contributed by atoms with Crippen molar-refractivity contribution < 1.29 is 9.47 Å². The molecule has 0 aromatic heterocycles. The molecule has 0 fully saturated rings. The molecule has 0 bridgehead atoms. The van der Waals surface area contributed by atoms with Crippen LogP contribution in [-0.2, 0) is 4.74 Å². The van der Waals surface area contributed by atoms with E-state index < -0.39 is 0 Å². The topological polar surface area (TPSA) is 30.5 Å². The molecule has 96 valence electrons. The molecule has 0 heterocycles. The van der Waals surface area contributed by atoms with Gasteiger partial charge in [0.1, 0.15) is 5.75 Å². The first-order valence-electron chi connectivity index (χ1n) is 5.83. The summed E-state index contributed by atoms with van der Waals surface area (Å²) in [5, 5.41) is 3.41. The number of methoxy groups -OCH3 is 1. The normalized spacial score (nSPS) is 12.5. The zero-order chi connectivity index (χ0) is 12.7. The first-order valence-corrected chi connectivity index (χ1v) is 6.63. The smallest absolute Gasteiger partial charge is 0.133 e. The highest BCUT2D eigenvalue weighted by molar-refractivity contribution is 9.10. The second-order valence-corrected chi connectivity index (χ2v) is 4.62. The molecule has 1 aromatic rings. The third kappa shape index (κ3) is 4.66. The number of ether oxygens (including phenoxy) is 2. The largest absolute Gasteiger partial charge is 0.496 e. The van der Waals surface area contributed by atoms with E-state index in [2.05, 4.69) is 40.3 Å². The van der Waals surface area contributed by atoms with Crippen molar-refractivity contribution in [3.8, 4) is 5.75 Å². The standard InChI is InChI=1S/C13H20BrNO2/c1-4-17-8-7-15-10(2)11-5-6-13(16-3)12(14)9-11/h5-6,9-10,15H,4,7-8H2,1-3H3. The Balaban J connectivity index is 2.51. The molecule has 1 rings (SSSR count). The fourth-order valence-corrected chi connectivity index (χ4v) is 2.12. The molecule has 3 nitrogen and oxygen atoms in total. The van der Waals surface area contributed by atoms with Crippen LogP contribution >= 0.6 is 15.9 Å². The number of halogens is 1. The van der Waals surface area contributed by atoms with Crippen molar-refractivity contribution in [2.75, 3.05) is 26.9 Å². The van der Waals surface area contributed by atoms with Gasteiger partial charge in [0.2, 0.25) is 0 Å². The lowest BCUT2D eigenvalue weighted by atomic mass is 10.1. The van der Waals surface area contributed by atoms with Crippen LogP contribution in [0, 0.1) is 0 Å². The molecule has 17 heavy (non-hydrogen) atoms. The third-order valence-corrected chi connectivity index (χ3v) is 3.20. The van der Waals surface area contributed by atoms with Crippen molar-refractivity contribution in [3.63, 3.8) is 0 Å². The van der Waals surface area contributed by atoms with Crippen molar-refractivity contribution in [2.45, 2.75) is 19.9 Å². The molecule has 0 amide bonds. The van der Waals surface area contributed by atoms with Crippen LogP contribution in [0.5, 0.6) is 5.75 Å². The van der Waals surface area contributed by atoms with Crippen molar-refractivity contribution in [3.05, 3.63) is 28.2 Å². The van der Waals surface area contributed by atoms with Gasteiger partial charge in [0.25, 0.3) is 0 Å². The quantitative estimate of drug-likeness (QED) is 0.785. The summed E-state index contributed by atoms with van der Waals surface area (Å²) < 4.78 is 11.5. The first-order chi connectivity index (χ1) is 8.19. The summed E-state index contributed by atoms with van der Waals surface area (Å²) in [6.45, 7) is 6.52. The number of benzene rings is 1. The maximum atomic E-state index is 5.29. The molecule has 1 unspecified atom stereocenters. The Hall–Kier alpha value is -0.580. The van der Waals surface area contributed by atoms with Crippen LogP contribution in [0.25, 0.3) is 0 Å². The highest BCUT2D eigenvalue weighted by atomic mass is 79.9. The van der Waals surface area contributed by atoms with E-state index in [1.165, 1.54) is 5.56 Å². The summed E-state index contributed by atoms with van der Waals surface area (Å²) in [7, 11) is 1.67. The molecule has 0 aliphatic carbocycles. The van der Waals surface area contributed by atoms with E-state index in [1.54, 1.807) is 7.11 Å². The molecule has 0 aliphatic rings. The Morgan fingerprint density at radius 3 is 2.76 bits per heavy atom. The fourth-order valence-electron chi connectivity index (χ4n) is 1.56. The maximum Gasteiger partial charge on any atom is 0.133 e. The summed E-state index contributed by atoms with van der Waals surface area (Å²) in [6, 6.07) is 6.43. The van der Waals surface area contributed by atoms with Crippen LogP contribution in [0.1, 0.15) is 25.5 Å². The van der Waals surface area contributed by atoms with E-state index in [1.807, 2.05) is 13.0 Å². The Morgan fingerprint density at radius 1 is 1.41 bits per heavy atom. The number of nitrogens with one attached hydrogen (secondary N) is 1. The van der Waals surface area contributed by atoms with Crippen molar-refractivity contribution >= 4 is 15.9 Å². The van der Waals surface area contributed by atoms with Crippen molar-refractivity contribution in [1.29, 1.82) is 0 Å². The van der Waals surface area contributed by atoms with Crippen molar-refractivity contribution in [2.24, 2.45) is 0 Å². The van der Waals surface area contributed by atoms with E-state index in [4.69, 9.17) is 9.47 Å². The Kier molecular flexibility index (Phi) is 6.55. The molecule has 0 aliphatic heterocycles. The lowest BCUT2D eigenvalue weighted by molar-refractivity contribution is 0.147. The van der Waals surface area contributed by atoms with Crippen LogP contribution in [-0.4, -0.2) is 26.9 Å². The van der Waals surface area contributed by atoms with Crippen LogP contribution in [0.3, 0.4) is 0 Å². The van der Waals surface area contributed by atoms with Gasteiger partial charge < -0.3 is 14.8 Å². The third-order valence-electron chi connectivity index (χ3n) is 2.58. The summed E-state index contributed by atoms with van der Waals surface area (Å²) in [6.07, 6.45) is 0. The minimum absolute atomic E-state index is 0.303. The van der Waals surface area contributed by atoms with Crippen LogP contribution < -0.4 is 10.1 Å². The van der Waals surface area contributed by atoms with Gasteiger partial charge in [-0.25, -0.2) is 0 Å². The van der Waals surface area contributed by atoms with E-state index >= 15 is 0 Å². The molecule has 0 radical (unpaired) electrons. The monoisotopic (exact) mass is 301 g/mol. The van der Waals surface area contributed by atoms with Gasteiger partial charge in [-0.15, -0.1) is 0 Å². The maximum absolute atomic E-state index is 5.29. The summed E-state index contributed by atoms with van der Waals surface area (Å²) in [5.41, 5.74) is 1.23. The van der Waals surface area contributed by atoms with Crippen LogP contribution in [0.4, 0.5) is 0 Å². The SMILES string of the molecule is CCOCCNC(C)c1ccc(OC)c(Br)c1. The van der Waals surface area contributed by atoms with Gasteiger partial charge in [0, 0.05) is 19.2 Å². The van der Waals surface area contributed by atoms with Crippen molar-refractivity contribution in [1.82, 2.24) is 5.32 Å². The van der Waals surface area contributed by atoms with E-state index in [0.717, 1.165) is 30.0 Å². The number of hydrogen-bond donors (Lipinski definition) is 1. The first kappa shape index (κ1) is 14.5. The van der Waals surface area contributed by atoms with E-state index in [0.29, 0.717) is 6.04 Å². The van der Waals surface area contributed by atoms with E-state index in [-0.39, 0.29) is 0 Å². The molecule has 4 heteroatoms. The predicted octanol–water partition coefficient (Wildman–Crippen LogP) is 3.14. The van der Waals surface area contributed by atoms with Gasteiger partial charge in [-0.2, -0.15) is 0 Å². The van der Waals surface area contributed by atoms with Crippen LogP contribution in [0.2, 0.25) is 0 Å². The van der Waals surface area contributed by atoms with Gasteiger partial charge in [-0.1, -0.05) is 6.07 Å². The van der Waals surface area contributed by atoms with Crippen LogP contribution in [0.15, 0.2) is 22.7 Å². The lowest BCUT2D eigenvalue weighted by Gasteiger charge is -2.15. The average molecular weight is 302 g/mol. The molecular formula is C13H20BrNO2. The molecule has 0 saturated carbocycles. The summed E-state index contributed by atoms with van der Waals surface area (Å²) in [4.78, 5) is 0. The zero-order valence-electron chi connectivity index (χ0n) is 10.6. The highest BCUT2D eigenvalue weighted by Gasteiger charge is 2.07. The van der Waals surface area contributed by atoms with Gasteiger partial charge in [0.15, 0.2) is 0 Å². The molecular weight excluding hydrogens is 282 g/mol. The second kappa shape index (κ2) is 7.69. The fraction of sp³-hybridized carbons (Fsp3) is 0.538. The minimum atomic E-state index is 0.303. The Bertz CT molecular complexity index is 344. The van der Waals surface area contributed by atoms with Gasteiger partial charge in [-0.05, 0) is 47.5 Å². The summed E-state index contributed by atoms with van der Waals surface area (Å²) in [5.74, 6) is 0.857. The van der Waals surface area contributed by atoms with Gasteiger partial charge >= 0.3 is 0 Å². The Labute approximate surface area is 112 Å². The molecule has 0 saturated heterocycles. The molecule has 1 N–H and O–H groups in total. The van der Waals surface area contributed by atoms with E-state index in [9.17, 15) is 0 Å². The van der Waals surface area contributed by atoms with Gasteiger partial charge in [-0.3, -0.25) is 0 Å². The minimum Gasteiger partial charge on any atom is -0.496 e. The summed E-state index contributed by atoms with van der Waals surface area (Å²) >= 11 is 3.49. The molecule has 1 aromatic carbocycles. The Morgan fingerprint density at radius 2 is 2.18 bits per heavy atom. The highest BCUT2D eigenvalue weighted by Crippen LogP contribution is 2.27. The molecule has 0 spiro atoms. The average Bonchev–Trinajstić information content (AvgIpc) is 2.34.